The number of carboxylic acid groups (broad SMARTS) is 10. The number of aliphatic carboxylic acids is 10. The minimum atomic E-state index is -4.64. The molecule has 0 aromatic rings. The van der Waals surface area contributed by atoms with Crippen LogP contribution in [0.15, 0.2) is 0 Å². The normalized spacial score (nSPS) is 10.1. The third-order valence-corrected chi connectivity index (χ3v) is 3.63. The number of phosphoric acid groups is 1. The molecule has 0 fully saturated rings. The predicted molar refractivity (Wildman–Crippen MR) is 233 cm³/mol. The van der Waals surface area contributed by atoms with Gasteiger partial charge in [0.05, 0.1) is 38.8 Å². The van der Waals surface area contributed by atoms with Crippen LogP contribution in [0.25, 0.3) is 0 Å². The van der Waals surface area contributed by atoms with Gasteiger partial charge < -0.3 is 126 Å². The van der Waals surface area contributed by atoms with Gasteiger partial charge in [-0.05, 0) is 0 Å². The smallest absolute Gasteiger partial charge is 1.00 e. The molecule has 41 heteroatoms. The molecule has 0 aromatic heterocycles. The van der Waals surface area contributed by atoms with Crippen molar-refractivity contribution in [3.05, 3.63) is 0 Å². The number of carboxylic acids is 10. The van der Waals surface area contributed by atoms with Gasteiger partial charge >= 0.3 is 363 Å². The Bertz CT molecular complexity index is 1290. The Morgan fingerprint density at radius 3 is 0.905 bits per heavy atom. The van der Waals surface area contributed by atoms with Crippen LogP contribution in [0.2, 0.25) is 0 Å². The van der Waals surface area contributed by atoms with E-state index in [0.717, 1.165) is 6.92 Å². The first kappa shape index (κ1) is 113. The van der Waals surface area contributed by atoms with Crippen molar-refractivity contribution < 1.29 is 167 Å². The van der Waals surface area contributed by atoms with Crippen LogP contribution in [0.3, 0.4) is 0 Å². The molecule has 0 amide bonds. The average molecular weight is 1200 g/mol. The van der Waals surface area contributed by atoms with E-state index < -0.39 is 130 Å². The van der Waals surface area contributed by atoms with Gasteiger partial charge in [-0.25, -0.2) is 18.9 Å². The first-order valence-corrected chi connectivity index (χ1v) is 14.3. The van der Waals surface area contributed by atoms with E-state index >= 15 is 0 Å². The third-order valence-electron chi connectivity index (χ3n) is 3.63. The van der Waals surface area contributed by atoms with E-state index in [9.17, 15) is 43.2 Å². The summed E-state index contributed by atoms with van der Waals surface area (Å²) < 4.78 is 8.88. The molecular weight excluding hydrogens is 1140 g/mol. The van der Waals surface area contributed by atoms with Crippen LogP contribution >= 0.6 is 20.2 Å². The molecule has 4 atom stereocenters. The summed E-state index contributed by atoms with van der Waals surface area (Å²) >= 11 is 0. The Hall–Kier alpha value is 4.90. The van der Waals surface area contributed by atoms with Crippen molar-refractivity contribution in [2.24, 2.45) is 11.5 Å². The van der Waals surface area contributed by atoms with Crippen LogP contribution in [-0.4, -0.2) is 496 Å². The molecule has 4 unspecified atom stereocenters. The molecule has 0 spiro atoms. The maximum absolute atomic E-state index is 10.3. The molecule has 0 bridgehead atoms. The van der Waals surface area contributed by atoms with Crippen molar-refractivity contribution in [3.63, 3.8) is 0 Å². The minimum Gasteiger partial charge on any atom is -1.00 e. The van der Waals surface area contributed by atoms with Gasteiger partial charge in [-0.15, -0.1) is 12.4 Å². The molecule has 31 nitrogen and oxygen atoms in total. The Balaban J connectivity index is -0.0000000105. The summed E-state index contributed by atoms with van der Waals surface area (Å²) in [5.41, 5.74) is 6.67. The van der Waals surface area contributed by atoms with Gasteiger partial charge in [0.1, 0.15) is 12.1 Å². The van der Waals surface area contributed by atoms with Gasteiger partial charge in [0.25, 0.3) is 5.97 Å². The molecule has 0 saturated heterocycles. The molecule has 63 heavy (non-hydrogen) atoms. The zero-order chi connectivity index (χ0) is 45.3. The number of halogens is 1. The number of carbonyl (C=O) groups is 10. The molecule has 0 aliphatic rings. The summed E-state index contributed by atoms with van der Waals surface area (Å²) in [6.45, 7) is 0.0491. The number of nitrogens with two attached hydrogens (primary N) is 2. The zero-order valence-corrected chi connectivity index (χ0v) is 52.6. The predicted octanol–water partition coefficient (Wildman–Crippen LogP) is -8.32. The number of hydrogen-bond acceptors (Lipinski definition) is 18. The van der Waals surface area contributed by atoms with E-state index in [0.29, 0.717) is 0 Å². The molecule has 0 aliphatic heterocycles. The molecule has 0 heterocycles. The van der Waals surface area contributed by atoms with E-state index in [1.165, 1.54) is 0 Å². The number of aliphatic hydroxyl groups excluding tert-OH is 4. The Kier molecular flexibility index (Phi) is 124. The van der Waals surface area contributed by atoms with E-state index in [4.69, 9.17) is 106 Å². The van der Waals surface area contributed by atoms with Gasteiger partial charge in [0.15, 0.2) is 17.8 Å². The fraction of sp³-hybridized carbons (Fsp3) is 0.545. The molecule has 0 aromatic carbocycles. The Morgan fingerprint density at radius 2 is 0.825 bits per heavy atom. The molecule has 0 saturated carbocycles. The summed E-state index contributed by atoms with van der Waals surface area (Å²) in [4.78, 5) is 119. The Morgan fingerprint density at radius 1 is 0.571 bits per heavy atom. The van der Waals surface area contributed by atoms with Crippen molar-refractivity contribution in [2.45, 2.75) is 62.6 Å². The van der Waals surface area contributed by atoms with Gasteiger partial charge in [0.2, 0.25) is 0 Å². The summed E-state index contributed by atoms with van der Waals surface area (Å²) in [6, 6.07) is -1.29. The van der Waals surface area contributed by atoms with Crippen molar-refractivity contribution in [2.75, 3.05) is 13.2 Å². The maximum atomic E-state index is 10.3. The maximum Gasteiger partial charge on any atom is 2.00 e. The summed E-state index contributed by atoms with van der Waals surface area (Å²) in [5, 5.41) is 122. The van der Waals surface area contributed by atoms with Gasteiger partial charge in [-0.3, -0.25) is 33.6 Å². The standard InChI is InChI=1S/C6H8O7.C4H7NO4.C4H8O5.C4H6O5.C2H5NO2.C2H4O2.8Ca.ClH.H3O4P.16H/c7-3(8)1-6(13,5(11)12)2-4(9)10;5-2(4(8)9)1-3(6)7;5-1-2(6)3(7)4(8)9;5-2(4(8)9)1-3(6)7;3-1-2(4)5;1-2(3)4;;;;;;;;;;1-5(2,3)4;;;;;;;;;;;;;;;;/h13H,1-2H2,(H,7,8)(H,9,10)(H,11,12);2H,1,5H2,(H,6,7)(H,8,9);2-3,5-7H,1H2,(H,8,9);2,5H,1H2,(H,6,7)(H,8,9);1,3H2,(H,4,5);1H3,(H,3,4);;;;;;;;;1H;(H3,1,2,3,4);;;;;;;;;;;;;;;;/q;;;;;;8*+2;;;16*-1. The van der Waals surface area contributed by atoms with Crippen molar-refractivity contribution >= 4 is 382 Å². The monoisotopic (exact) mass is 1200 g/mol. The molecule has 358 valence electrons. The first-order chi connectivity index (χ1) is 23.9. The first-order valence-electron chi connectivity index (χ1n) is 12.8. The largest absolute Gasteiger partial charge is 2.00 e. The van der Waals surface area contributed by atoms with E-state index in [1.54, 1.807) is 0 Å². The second-order valence-electron chi connectivity index (χ2n) is 8.64. The summed E-state index contributed by atoms with van der Waals surface area (Å²) in [5.74, 6) is -13.7. The quantitative estimate of drug-likeness (QED) is 0.0535. The Labute approximate surface area is 623 Å². The number of aliphatic hydroxyl groups is 5. The van der Waals surface area contributed by atoms with E-state index in [1.807, 2.05) is 0 Å². The van der Waals surface area contributed by atoms with Crippen molar-refractivity contribution in [1.29, 1.82) is 0 Å². The molecule has 22 N–H and O–H groups in total. The van der Waals surface area contributed by atoms with Gasteiger partial charge in [-0.1, -0.05) is 0 Å². The van der Waals surface area contributed by atoms with Crippen LogP contribution in [0.4, 0.5) is 0 Å². The van der Waals surface area contributed by atoms with Crippen LogP contribution in [0, 0.1) is 0 Å². The second kappa shape index (κ2) is 69.0. The minimum absolute atomic E-state index is 0. The third kappa shape index (κ3) is 118. The van der Waals surface area contributed by atoms with Gasteiger partial charge in [0, 0.05) is 6.92 Å². The summed E-state index contributed by atoms with van der Waals surface area (Å²) in [6.07, 6.45) is -8.85. The zero-order valence-electron chi connectivity index (χ0n) is 49.3. The van der Waals surface area contributed by atoms with E-state index in [2.05, 4.69) is 5.73 Å². The molecule has 0 rings (SSSR count). The molecule has 0 aliphatic carbocycles. The van der Waals surface area contributed by atoms with Gasteiger partial charge in [-0.2, -0.15) is 0 Å². The SMILES string of the molecule is CC(=O)O.Cl.NC(CC(=O)O)C(=O)O.NCC(=O)O.O=C(O)C(O)C(O)CO.O=C(O)CC(O)(CC(=O)O)C(=O)O.O=C(O)CC(O)C(=O)O.O=P(O)(O)O.[Ca+2].[Ca+2].[Ca+2].[Ca+2].[Ca+2].[Ca+2].[Ca+2].[Ca+2].[H-].[H-].[H-].[H-].[H-].[H-].[H-].[H-].[H-].[H-].[H-].[H-].[H-].[H-].[H-].[H-]. The van der Waals surface area contributed by atoms with Crippen LogP contribution in [0.5, 0.6) is 0 Å². The fourth-order valence-corrected chi connectivity index (χ4v) is 1.51. The van der Waals surface area contributed by atoms with Crippen molar-refractivity contribution in [3.8, 4) is 0 Å². The topological polar surface area (TPSA) is 604 Å². The fourth-order valence-electron chi connectivity index (χ4n) is 1.51. The van der Waals surface area contributed by atoms with Crippen molar-refractivity contribution in [1.82, 2.24) is 0 Å². The number of hydrogen-bond donors (Lipinski definition) is 20. The summed E-state index contributed by atoms with van der Waals surface area (Å²) in [7, 11) is -4.64. The van der Waals surface area contributed by atoms with Crippen LogP contribution < -0.4 is 11.5 Å². The average Bonchev–Trinajstić information content (AvgIpc) is 2.94. The van der Waals surface area contributed by atoms with Crippen LogP contribution in [-0.2, 0) is 52.5 Å². The van der Waals surface area contributed by atoms with E-state index in [-0.39, 0.29) is 344 Å². The molecule has 0 radical (unpaired) electrons. The second-order valence-corrected chi connectivity index (χ2v) is 9.66. The number of rotatable bonds is 15. The molecular formula is C22H58Ca8ClN2O29P. The van der Waals surface area contributed by atoms with Crippen LogP contribution in [0.1, 0.15) is 55.4 Å².